The van der Waals surface area contributed by atoms with Crippen LogP contribution in [0, 0.1) is 5.82 Å². The molecule has 1 atom stereocenters. The van der Waals surface area contributed by atoms with E-state index in [9.17, 15) is 4.79 Å². The second-order valence-electron chi connectivity index (χ2n) is 8.83. The Labute approximate surface area is 214 Å². The predicted octanol–water partition coefficient (Wildman–Crippen LogP) is 3.35. The van der Waals surface area contributed by atoms with E-state index in [-0.39, 0.29) is 40.7 Å². The van der Waals surface area contributed by atoms with Crippen LogP contribution in [0.3, 0.4) is 0 Å². The van der Waals surface area contributed by atoms with Crippen molar-refractivity contribution in [2.24, 2.45) is 0 Å². The average molecular weight is 528 g/mol. The number of fused-ring (bicyclic) bond motifs is 2. The Morgan fingerprint density at radius 1 is 1.22 bits per heavy atom. The van der Waals surface area contributed by atoms with E-state index in [2.05, 4.69) is 30.5 Å². The van der Waals surface area contributed by atoms with Crippen molar-refractivity contribution >= 4 is 60.9 Å². The summed E-state index contributed by atoms with van der Waals surface area (Å²) in [5.74, 6) is -0.0171. The van der Waals surface area contributed by atoms with Crippen LogP contribution in [0.25, 0.3) is 32.2 Å². The standard InChI is InChI=1S/C24H23ClFN7O2S/c25-15-10-14-21(19(26)18(15)13-2-1-3-16-20(13)30-23(27)36-16)31-24(35-11-12-4-5-17(34)29-12)32-22(14)33-8-6-28-7-9-33/h1-3,10,12,28H,4-9,11H2,(H2,27,30)(H,29,34)/t12-/m0/s1. The average Bonchev–Trinajstić information content (AvgIpc) is 3.47. The highest BCUT2D eigenvalue weighted by molar-refractivity contribution is 7.22. The molecule has 9 nitrogen and oxygen atoms in total. The van der Waals surface area contributed by atoms with Crippen LogP contribution in [0.5, 0.6) is 6.01 Å². The number of nitrogens with two attached hydrogens (primary N) is 1. The number of piperazine rings is 1. The van der Waals surface area contributed by atoms with Crippen molar-refractivity contribution in [3.05, 3.63) is 35.1 Å². The number of nitrogens with one attached hydrogen (secondary N) is 2. The molecule has 1 amide bonds. The molecule has 2 saturated heterocycles. The van der Waals surface area contributed by atoms with E-state index >= 15 is 4.39 Å². The third-order valence-electron chi connectivity index (χ3n) is 6.46. The highest BCUT2D eigenvalue weighted by Crippen LogP contribution is 2.42. The van der Waals surface area contributed by atoms with Crippen molar-refractivity contribution in [3.8, 4) is 17.1 Å². The molecule has 4 N–H and O–H groups in total. The summed E-state index contributed by atoms with van der Waals surface area (Å²) in [7, 11) is 0. The molecule has 2 aromatic carbocycles. The smallest absolute Gasteiger partial charge is 0.319 e. The number of halogens is 2. The minimum absolute atomic E-state index is 0.00767. The van der Waals surface area contributed by atoms with E-state index in [0.717, 1.165) is 17.8 Å². The summed E-state index contributed by atoms with van der Waals surface area (Å²) in [6, 6.07) is 7.13. The fraction of sp³-hybridized carbons (Fsp3) is 0.333. The normalized spacial score (nSPS) is 18.2. The van der Waals surface area contributed by atoms with Gasteiger partial charge in [-0.3, -0.25) is 4.79 Å². The minimum atomic E-state index is -0.575. The lowest BCUT2D eigenvalue weighted by Gasteiger charge is -2.29. The summed E-state index contributed by atoms with van der Waals surface area (Å²) in [6.07, 6.45) is 1.13. The molecule has 0 saturated carbocycles. The molecule has 0 aliphatic carbocycles. The molecule has 2 aliphatic heterocycles. The van der Waals surface area contributed by atoms with Gasteiger partial charge < -0.3 is 26.0 Å². The van der Waals surface area contributed by atoms with Gasteiger partial charge in [0.25, 0.3) is 0 Å². The minimum Gasteiger partial charge on any atom is -0.461 e. The van der Waals surface area contributed by atoms with Crippen molar-refractivity contribution < 1.29 is 13.9 Å². The second kappa shape index (κ2) is 9.30. The van der Waals surface area contributed by atoms with Crippen LogP contribution in [0.15, 0.2) is 24.3 Å². The Bertz CT molecular complexity index is 1490. The van der Waals surface area contributed by atoms with Gasteiger partial charge in [-0.05, 0) is 18.6 Å². The number of para-hydroxylation sites is 1. The molecule has 4 aromatic rings. The lowest BCUT2D eigenvalue weighted by Crippen LogP contribution is -2.44. The number of rotatable bonds is 5. The van der Waals surface area contributed by atoms with Crippen LogP contribution in [0.1, 0.15) is 12.8 Å². The van der Waals surface area contributed by atoms with E-state index in [1.165, 1.54) is 11.3 Å². The predicted molar refractivity (Wildman–Crippen MR) is 139 cm³/mol. The first-order valence-electron chi connectivity index (χ1n) is 11.7. The first-order valence-corrected chi connectivity index (χ1v) is 12.9. The van der Waals surface area contributed by atoms with E-state index in [1.807, 2.05) is 12.1 Å². The molecule has 4 heterocycles. The number of hydrogen-bond acceptors (Lipinski definition) is 9. The molecule has 0 spiro atoms. The molecular formula is C24H23ClFN7O2S. The number of carbonyl (C=O) groups is 1. The fourth-order valence-corrected chi connectivity index (χ4v) is 5.79. The van der Waals surface area contributed by atoms with Crippen LogP contribution < -0.4 is 26.0 Å². The van der Waals surface area contributed by atoms with Crippen LogP contribution >= 0.6 is 22.9 Å². The first kappa shape index (κ1) is 23.1. The van der Waals surface area contributed by atoms with Crippen molar-refractivity contribution in [2.45, 2.75) is 18.9 Å². The largest absolute Gasteiger partial charge is 0.461 e. The molecule has 2 fully saturated rings. The van der Waals surface area contributed by atoms with E-state index in [1.54, 1.807) is 12.1 Å². The molecule has 0 unspecified atom stereocenters. The van der Waals surface area contributed by atoms with Crippen LogP contribution in [0.2, 0.25) is 5.02 Å². The summed E-state index contributed by atoms with van der Waals surface area (Å²) in [4.78, 5) is 27.1. The molecule has 2 aliphatic rings. The van der Waals surface area contributed by atoms with Gasteiger partial charge in [0.05, 0.1) is 21.3 Å². The second-order valence-corrected chi connectivity index (χ2v) is 10.3. The summed E-state index contributed by atoms with van der Waals surface area (Å²) in [6.45, 7) is 3.15. The Morgan fingerprint density at radius 2 is 2.06 bits per heavy atom. The summed E-state index contributed by atoms with van der Waals surface area (Å²) < 4.78 is 23.0. The van der Waals surface area contributed by atoms with Crippen molar-refractivity contribution in [1.29, 1.82) is 0 Å². The molecule has 186 valence electrons. The van der Waals surface area contributed by atoms with E-state index in [0.29, 0.717) is 53.3 Å². The molecule has 12 heteroatoms. The number of carbonyl (C=O) groups excluding carboxylic acids is 1. The van der Waals surface area contributed by atoms with Crippen LogP contribution in [-0.4, -0.2) is 59.7 Å². The van der Waals surface area contributed by atoms with E-state index in [4.69, 9.17) is 22.1 Å². The Kier molecular flexibility index (Phi) is 5.98. The Morgan fingerprint density at radius 3 is 2.83 bits per heavy atom. The molecule has 0 bridgehead atoms. The topological polar surface area (TPSA) is 118 Å². The highest BCUT2D eigenvalue weighted by Gasteiger charge is 2.26. The number of hydrogen-bond donors (Lipinski definition) is 3. The molecule has 36 heavy (non-hydrogen) atoms. The molecule has 2 aromatic heterocycles. The van der Waals surface area contributed by atoms with Gasteiger partial charge in [-0.2, -0.15) is 9.97 Å². The molecular weight excluding hydrogens is 505 g/mol. The van der Waals surface area contributed by atoms with Crippen LogP contribution in [-0.2, 0) is 4.79 Å². The Hall–Kier alpha value is -3.28. The van der Waals surface area contributed by atoms with Gasteiger partial charge in [0.1, 0.15) is 17.9 Å². The number of benzene rings is 2. The zero-order valence-electron chi connectivity index (χ0n) is 19.2. The van der Waals surface area contributed by atoms with E-state index < -0.39 is 5.82 Å². The third-order valence-corrected chi connectivity index (χ3v) is 7.61. The number of nitrogens with zero attached hydrogens (tertiary/aromatic N) is 4. The van der Waals surface area contributed by atoms with Gasteiger partial charge in [0.15, 0.2) is 10.9 Å². The number of aromatic nitrogens is 3. The van der Waals surface area contributed by atoms with Crippen LogP contribution in [0.4, 0.5) is 15.3 Å². The van der Waals surface area contributed by atoms with Crippen molar-refractivity contribution in [1.82, 2.24) is 25.6 Å². The maximum Gasteiger partial charge on any atom is 0.319 e. The van der Waals surface area contributed by atoms with Crippen molar-refractivity contribution in [2.75, 3.05) is 43.4 Å². The fourth-order valence-electron chi connectivity index (χ4n) is 4.73. The maximum absolute atomic E-state index is 16.3. The molecule has 6 rings (SSSR count). The maximum atomic E-state index is 16.3. The number of amides is 1. The first-order chi connectivity index (χ1) is 17.5. The number of anilines is 2. The molecule has 0 radical (unpaired) electrons. The van der Waals surface area contributed by atoms with Gasteiger partial charge in [0, 0.05) is 49.1 Å². The summed E-state index contributed by atoms with van der Waals surface area (Å²) in [5, 5.41) is 7.32. The summed E-state index contributed by atoms with van der Waals surface area (Å²) >= 11 is 8.04. The quantitative estimate of drug-likeness (QED) is 0.361. The Balaban J connectivity index is 1.49. The van der Waals surface area contributed by atoms with Gasteiger partial charge in [-0.15, -0.1) is 0 Å². The number of nitrogen functional groups attached to an aromatic ring is 1. The van der Waals surface area contributed by atoms with Gasteiger partial charge in [-0.25, -0.2) is 9.37 Å². The monoisotopic (exact) mass is 527 g/mol. The van der Waals surface area contributed by atoms with Gasteiger partial charge >= 0.3 is 6.01 Å². The van der Waals surface area contributed by atoms with Gasteiger partial charge in [-0.1, -0.05) is 35.1 Å². The number of ether oxygens (including phenoxy) is 1. The zero-order valence-corrected chi connectivity index (χ0v) is 20.8. The number of thiazole rings is 1. The lowest BCUT2D eigenvalue weighted by atomic mass is 10.0. The third kappa shape index (κ3) is 4.16. The lowest BCUT2D eigenvalue weighted by molar-refractivity contribution is -0.119. The van der Waals surface area contributed by atoms with Gasteiger partial charge in [0.2, 0.25) is 5.91 Å². The summed E-state index contributed by atoms with van der Waals surface area (Å²) in [5.41, 5.74) is 7.38. The zero-order chi connectivity index (χ0) is 24.8. The van der Waals surface area contributed by atoms with Crippen molar-refractivity contribution in [3.63, 3.8) is 0 Å². The SMILES string of the molecule is Nc1nc2c(-c3c(Cl)cc4c(N5CCNCC5)nc(OC[C@@H]5CCC(=O)N5)nc4c3F)cccc2s1. The highest BCUT2D eigenvalue weighted by atomic mass is 35.5.